The third-order valence-corrected chi connectivity index (χ3v) is 6.29. The van der Waals surface area contributed by atoms with Crippen molar-refractivity contribution in [2.24, 2.45) is 0 Å². The van der Waals surface area contributed by atoms with Gasteiger partial charge in [0.05, 0.1) is 22.7 Å². The van der Waals surface area contributed by atoms with E-state index >= 15 is 0 Å². The minimum atomic E-state index is 0.759. The summed E-state index contributed by atoms with van der Waals surface area (Å²) in [6, 6.07) is 34.7. The number of ether oxygens (including phenoxy) is 1. The van der Waals surface area contributed by atoms with Crippen LogP contribution < -0.4 is 4.74 Å². The molecule has 0 atom stereocenters. The molecule has 4 heterocycles. The predicted octanol–water partition coefficient (Wildman–Crippen LogP) is 7.29. The van der Waals surface area contributed by atoms with Gasteiger partial charge in [-0.05, 0) is 54.6 Å². The minimum absolute atomic E-state index is 0.759. The van der Waals surface area contributed by atoms with Crippen LogP contribution in [-0.4, -0.2) is 18.9 Å². The summed E-state index contributed by atoms with van der Waals surface area (Å²) in [5.74, 6) is 3.29. The number of hydrogen-bond acceptors (Lipinski definition) is 3. The largest absolute Gasteiger partial charge is 0.457 e. The summed E-state index contributed by atoms with van der Waals surface area (Å²) < 4.78 is 10.6. The molecule has 0 bridgehead atoms. The lowest BCUT2D eigenvalue weighted by Gasteiger charge is -2.10. The Balaban J connectivity index is 1.32. The first-order valence-corrected chi connectivity index (χ1v) is 11.5. The van der Waals surface area contributed by atoms with Crippen LogP contribution in [0.25, 0.3) is 44.5 Å². The molecule has 0 aliphatic rings. The van der Waals surface area contributed by atoms with Gasteiger partial charge in [-0.2, -0.15) is 0 Å². The zero-order valence-electron chi connectivity index (χ0n) is 18.7. The van der Waals surface area contributed by atoms with Gasteiger partial charge in [-0.25, -0.2) is 9.97 Å². The summed E-state index contributed by atoms with van der Waals surface area (Å²) in [6.07, 6.45) is 5.73. The highest BCUT2D eigenvalue weighted by molar-refractivity contribution is 6.09. The maximum absolute atomic E-state index is 6.35. The van der Waals surface area contributed by atoms with Crippen LogP contribution in [0.2, 0.25) is 0 Å². The minimum Gasteiger partial charge on any atom is -0.457 e. The molecule has 0 spiro atoms. The Kier molecular flexibility index (Phi) is 4.39. The molecule has 0 saturated carbocycles. The van der Waals surface area contributed by atoms with Crippen LogP contribution in [0.5, 0.6) is 11.5 Å². The lowest BCUT2D eigenvalue weighted by atomic mass is 10.1. The van der Waals surface area contributed by atoms with E-state index in [1.54, 1.807) is 0 Å². The standard InChI is InChI=1S/C30H20N4O/c1-2-12-27-25(11-1)26-15-14-24(19-28(26)34(27)29-13-3-5-16-31-29)35-23-10-7-8-21(18-23)30-32-20-22-9-4-6-17-33(22)30/h1-20H. The fraction of sp³-hybridized carbons (Fsp3) is 0. The van der Waals surface area contributed by atoms with Crippen molar-refractivity contribution in [1.29, 1.82) is 0 Å². The number of rotatable bonds is 4. The van der Waals surface area contributed by atoms with Crippen LogP contribution in [0, 0.1) is 0 Å². The molecular weight excluding hydrogens is 432 g/mol. The van der Waals surface area contributed by atoms with Gasteiger partial charge in [0.25, 0.3) is 0 Å². The molecule has 0 fully saturated rings. The highest BCUT2D eigenvalue weighted by atomic mass is 16.5. The zero-order chi connectivity index (χ0) is 23.2. The van der Waals surface area contributed by atoms with Crippen molar-refractivity contribution in [3.8, 4) is 28.7 Å². The van der Waals surface area contributed by atoms with E-state index in [1.165, 1.54) is 5.39 Å². The molecule has 4 aromatic heterocycles. The number of fused-ring (bicyclic) bond motifs is 4. The Morgan fingerprint density at radius 3 is 2.43 bits per heavy atom. The Hall–Kier alpha value is -4.90. The van der Waals surface area contributed by atoms with Crippen molar-refractivity contribution >= 4 is 27.3 Å². The van der Waals surface area contributed by atoms with Gasteiger partial charge in [0.1, 0.15) is 23.1 Å². The number of benzene rings is 3. The predicted molar refractivity (Wildman–Crippen MR) is 139 cm³/mol. The normalized spacial score (nSPS) is 11.4. The van der Waals surface area contributed by atoms with Crippen LogP contribution in [0.3, 0.4) is 0 Å². The summed E-state index contributed by atoms with van der Waals surface area (Å²) >= 11 is 0. The number of hydrogen-bond donors (Lipinski definition) is 0. The molecule has 0 aliphatic heterocycles. The van der Waals surface area contributed by atoms with Crippen LogP contribution in [0.15, 0.2) is 122 Å². The average molecular weight is 453 g/mol. The van der Waals surface area contributed by atoms with Gasteiger partial charge in [0.2, 0.25) is 0 Å². The van der Waals surface area contributed by atoms with E-state index in [1.807, 2.05) is 79.3 Å². The van der Waals surface area contributed by atoms with E-state index in [-0.39, 0.29) is 0 Å². The van der Waals surface area contributed by atoms with Crippen molar-refractivity contribution in [3.05, 3.63) is 122 Å². The van der Waals surface area contributed by atoms with Crippen LogP contribution >= 0.6 is 0 Å². The molecule has 166 valence electrons. The molecule has 0 unspecified atom stereocenters. The summed E-state index contributed by atoms with van der Waals surface area (Å²) in [7, 11) is 0. The molecule has 0 aliphatic carbocycles. The highest BCUT2D eigenvalue weighted by Gasteiger charge is 2.14. The van der Waals surface area contributed by atoms with E-state index in [2.05, 4.69) is 61.4 Å². The average Bonchev–Trinajstić information content (AvgIpc) is 3.48. The topological polar surface area (TPSA) is 44.4 Å². The fourth-order valence-corrected chi connectivity index (χ4v) is 4.74. The molecule has 0 radical (unpaired) electrons. The second-order valence-electron chi connectivity index (χ2n) is 8.43. The van der Waals surface area contributed by atoms with Crippen LogP contribution in [0.1, 0.15) is 0 Å². The van der Waals surface area contributed by atoms with E-state index < -0.39 is 0 Å². The first-order chi connectivity index (χ1) is 17.3. The third-order valence-electron chi connectivity index (χ3n) is 6.29. The lowest BCUT2D eigenvalue weighted by molar-refractivity contribution is 0.483. The van der Waals surface area contributed by atoms with Crippen molar-refractivity contribution in [2.45, 2.75) is 0 Å². The van der Waals surface area contributed by atoms with E-state index in [0.29, 0.717) is 0 Å². The number of imidazole rings is 1. The van der Waals surface area contributed by atoms with Crippen LogP contribution in [0.4, 0.5) is 0 Å². The Bertz CT molecular complexity index is 1830. The number of pyridine rings is 2. The zero-order valence-corrected chi connectivity index (χ0v) is 18.7. The SMILES string of the molecule is c1ccc(-n2c3ccccc3c3ccc(Oc4cccc(-c5ncc6ccccn56)c4)cc32)nc1. The second-order valence-corrected chi connectivity index (χ2v) is 8.43. The maximum Gasteiger partial charge on any atom is 0.144 e. The summed E-state index contributed by atoms with van der Waals surface area (Å²) in [6.45, 7) is 0. The quantitative estimate of drug-likeness (QED) is 0.282. The van der Waals surface area contributed by atoms with Gasteiger partial charge in [0.15, 0.2) is 0 Å². The lowest BCUT2D eigenvalue weighted by Crippen LogP contribution is -1.96. The van der Waals surface area contributed by atoms with Gasteiger partial charge < -0.3 is 4.74 Å². The van der Waals surface area contributed by atoms with E-state index in [9.17, 15) is 0 Å². The molecule has 35 heavy (non-hydrogen) atoms. The van der Waals surface area contributed by atoms with Gasteiger partial charge in [-0.1, -0.05) is 42.5 Å². The Morgan fingerprint density at radius 2 is 1.49 bits per heavy atom. The number of aromatic nitrogens is 4. The Morgan fingerprint density at radius 1 is 0.629 bits per heavy atom. The van der Waals surface area contributed by atoms with Crippen molar-refractivity contribution < 1.29 is 4.74 Å². The molecule has 0 N–H and O–H groups in total. The van der Waals surface area contributed by atoms with Gasteiger partial charge in [-0.15, -0.1) is 0 Å². The second kappa shape index (κ2) is 7.85. The molecule has 7 rings (SSSR count). The number of para-hydroxylation sites is 1. The first kappa shape index (κ1) is 19.6. The maximum atomic E-state index is 6.35. The monoisotopic (exact) mass is 452 g/mol. The van der Waals surface area contributed by atoms with Crippen molar-refractivity contribution in [1.82, 2.24) is 18.9 Å². The smallest absolute Gasteiger partial charge is 0.144 e. The molecule has 5 nitrogen and oxygen atoms in total. The van der Waals surface area contributed by atoms with E-state index in [0.717, 1.165) is 50.6 Å². The fourth-order valence-electron chi connectivity index (χ4n) is 4.74. The third kappa shape index (κ3) is 3.25. The highest BCUT2D eigenvalue weighted by Crippen LogP contribution is 2.35. The van der Waals surface area contributed by atoms with E-state index in [4.69, 9.17) is 4.74 Å². The molecule has 3 aromatic carbocycles. The van der Waals surface area contributed by atoms with Crippen LogP contribution in [-0.2, 0) is 0 Å². The molecule has 0 saturated heterocycles. The summed E-state index contributed by atoms with van der Waals surface area (Å²) in [5.41, 5.74) is 4.23. The summed E-state index contributed by atoms with van der Waals surface area (Å²) in [4.78, 5) is 9.23. The number of nitrogens with zero attached hydrogens (tertiary/aromatic N) is 4. The molecular formula is C30H20N4O. The Labute approximate surface area is 201 Å². The van der Waals surface area contributed by atoms with Gasteiger partial charge in [-0.3, -0.25) is 8.97 Å². The first-order valence-electron chi connectivity index (χ1n) is 11.5. The molecule has 7 aromatic rings. The van der Waals surface area contributed by atoms with Crippen molar-refractivity contribution in [2.75, 3.05) is 0 Å². The molecule has 0 amide bonds. The molecule has 5 heteroatoms. The van der Waals surface area contributed by atoms with Crippen molar-refractivity contribution in [3.63, 3.8) is 0 Å². The van der Waals surface area contributed by atoms with Gasteiger partial charge in [0, 0.05) is 34.8 Å². The van der Waals surface area contributed by atoms with Gasteiger partial charge >= 0.3 is 0 Å². The summed E-state index contributed by atoms with van der Waals surface area (Å²) in [5, 5.41) is 2.35.